The van der Waals surface area contributed by atoms with Gasteiger partial charge in [-0.05, 0) is 30.7 Å². The Kier molecular flexibility index (Phi) is 3.67. The fourth-order valence-corrected chi connectivity index (χ4v) is 2.71. The van der Waals surface area contributed by atoms with Crippen molar-refractivity contribution >= 4 is 11.5 Å². The fourth-order valence-electron chi connectivity index (χ4n) is 2.71. The lowest BCUT2D eigenvalue weighted by atomic mass is 10.1. The SMILES string of the molecule is CC(Nc1ccnc(-c2cnc3ccccn23)n1)c1ccccc1. The van der Waals surface area contributed by atoms with Crippen LogP contribution in [-0.2, 0) is 0 Å². The van der Waals surface area contributed by atoms with Gasteiger partial charge in [0.15, 0.2) is 5.82 Å². The number of imidazole rings is 1. The molecule has 5 heteroatoms. The Morgan fingerprint density at radius 1 is 0.958 bits per heavy atom. The van der Waals surface area contributed by atoms with Crippen LogP contribution in [0.2, 0.25) is 0 Å². The Morgan fingerprint density at radius 2 is 1.79 bits per heavy atom. The number of nitrogens with zero attached hydrogens (tertiary/aromatic N) is 4. The van der Waals surface area contributed by atoms with Crippen LogP contribution in [0.3, 0.4) is 0 Å². The third kappa shape index (κ3) is 2.72. The second kappa shape index (κ2) is 6.12. The van der Waals surface area contributed by atoms with Gasteiger partial charge in [-0.15, -0.1) is 0 Å². The molecule has 0 bridgehead atoms. The van der Waals surface area contributed by atoms with Crippen LogP contribution in [0.1, 0.15) is 18.5 Å². The summed E-state index contributed by atoms with van der Waals surface area (Å²) in [5, 5.41) is 3.43. The van der Waals surface area contributed by atoms with Gasteiger partial charge in [0.05, 0.1) is 6.20 Å². The Bertz CT molecular complexity index is 962. The Hall–Kier alpha value is -3.21. The molecular formula is C19H17N5. The highest BCUT2D eigenvalue weighted by molar-refractivity contribution is 5.58. The molecule has 0 aliphatic rings. The molecule has 3 heterocycles. The third-order valence-corrected chi connectivity index (χ3v) is 3.97. The van der Waals surface area contributed by atoms with Gasteiger partial charge in [0, 0.05) is 18.4 Å². The lowest BCUT2D eigenvalue weighted by molar-refractivity contribution is 0.872. The van der Waals surface area contributed by atoms with Gasteiger partial charge in [-0.25, -0.2) is 15.0 Å². The highest BCUT2D eigenvalue weighted by Crippen LogP contribution is 2.21. The number of hydrogen-bond donors (Lipinski definition) is 1. The summed E-state index contributed by atoms with van der Waals surface area (Å²) in [6.07, 6.45) is 5.54. The average Bonchev–Trinajstić information content (AvgIpc) is 3.07. The molecule has 4 rings (SSSR count). The molecule has 1 atom stereocenters. The predicted molar refractivity (Wildman–Crippen MR) is 94.7 cm³/mol. The highest BCUT2D eigenvalue weighted by atomic mass is 15.1. The zero-order valence-corrected chi connectivity index (χ0v) is 13.3. The summed E-state index contributed by atoms with van der Waals surface area (Å²) < 4.78 is 1.99. The summed E-state index contributed by atoms with van der Waals surface area (Å²) in [4.78, 5) is 13.4. The molecule has 4 aromatic rings. The molecule has 1 unspecified atom stereocenters. The summed E-state index contributed by atoms with van der Waals surface area (Å²) in [7, 11) is 0. The molecule has 5 nitrogen and oxygen atoms in total. The van der Waals surface area contributed by atoms with Crippen LogP contribution >= 0.6 is 0 Å². The van der Waals surface area contributed by atoms with E-state index in [0.717, 1.165) is 17.2 Å². The van der Waals surface area contributed by atoms with Crippen LogP contribution in [-0.4, -0.2) is 19.4 Å². The third-order valence-electron chi connectivity index (χ3n) is 3.97. The molecule has 0 aliphatic carbocycles. The number of pyridine rings is 1. The first-order chi connectivity index (χ1) is 11.8. The maximum atomic E-state index is 4.65. The lowest BCUT2D eigenvalue weighted by Gasteiger charge is -2.15. The van der Waals surface area contributed by atoms with Gasteiger partial charge in [0.2, 0.25) is 0 Å². The van der Waals surface area contributed by atoms with E-state index < -0.39 is 0 Å². The van der Waals surface area contributed by atoms with E-state index in [1.807, 2.05) is 53.1 Å². The zero-order chi connectivity index (χ0) is 16.4. The first kappa shape index (κ1) is 14.4. The minimum atomic E-state index is 0.163. The van der Waals surface area contributed by atoms with Crippen molar-refractivity contribution in [1.29, 1.82) is 0 Å². The van der Waals surface area contributed by atoms with Crippen LogP contribution in [0.4, 0.5) is 5.82 Å². The predicted octanol–water partition coefficient (Wildman–Crippen LogP) is 3.96. The van der Waals surface area contributed by atoms with Crippen molar-refractivity contribution in [2.75, 3.05) is 5.32 Å². The zero-order valence-electron chi connectivity index (χ0n) is 13.3. The standard InChI is InChI=1S/C19H17N5/c1-14(15-7-3-2-4-8-15)22-17-10-11-20-19(23-17)16-13-21-18-9-5-6-12-24(16)18/h2-14H,1H3,(H,20,22,23). The Balaban J connectivity index is 1.64. The van der Waals surface area contributed by atoms with Crippen molar-refractivity contribution in [2.24, 2.45) is 0 Å². The van der Waals surface area contributed by atoms with Gasteiger partial charge in [-0.2, -0.15) is 0 Å². The van der Waals surface area contributed by atoms with Gasteiger partial charge in [0.1, 0.15) is 17.2 Å². The smallest absolute Gasteiger partial charge is 0.180 e. The number of hydrogen-bond acceptors (Lipinski definition) is 4. The van der Waals surface area contributed by atoms with E-state index in [-0.39, 0.29) is 6.04 Å². The normalized spacial score (nSPS) is 12.2. The molecule has 0 saturated heterocycles. The molecule has 118 valence electrons. The van der Waals surface area contributed by atoms with E-state index in [1.54, 1.807) is 12.4 Å². The van der Waals surface area contributed by atoms with Crippen LogP contribution in [0.25, 0.3) is 17.2 Å². The van der Waals surface area contributed by atoms with Crippen molar-refractivity contribution in [3.63, 3.8) is 0 Å². The van der Waals surface area contributed by atoms with Crippen molar-refractivity contribution in [1.82, 2.24) is 19.4 Å². The van der Waals surface area contributed by atoms with Gasteiger partial charge < -0.3 is 5.32 Å². The number of anilines is 1. The molecule has 0 radical (unpaired) electrons. The van der Waals surface area contributed by atoms with Crippen molar-refractivity contribution in [3.8, 4) is 11.5 Å². The molecule has 1 N–H and O–H groups in total. The number of rotatable bonds is 4. The molecule has 3 aromatic heterocycles. The molecule has 0 amide bonds. The second-order valence-corrected chi connectivity index (χ2v) is 5.61. The van der Waals surface area contributed by atoms with Crippen molar-refractivity contribution in [2.45, 2.75) is 13.0 Å². The summed E-state index contributed by atoms with van der Waals surface area (Å²) in [5.41, 5.74) is 2.97. The summed E-state index contributed by atoms with van der Waals surface area (Å²) in [6.45, 7) is 2.12. The van der Waals surface area contributed by atoms with Gasteiger partial charge in [0.25, 0.3) is 0 Å². The maximum Gasteiger partial charge on any atom is 0.180 e. The quantitative estimate of drug-likeness (QED) is 0.619. The Labute approximate surface area is 140 Å². The van der Waals surface area contributed by atoms with Crippen LogP contribution in [0.15, 0.2) is 73.2 Å². The number of nitrogens with one attached hydrogen (secondary N) is 1. The van der Waals surface area contributed by atoms with Crippen molar-refractivity contribution < 1.29 is 0 Å². The Morgan fingerprint density at radius 3 is 2.67 bits per heavy atom. The van der Waals surface area contributed by atoms with E-state index in [4.69, 9.17) is 0 Å². The minimum absolute atomic E-state index is 0.163. The molecule has 0 fully saturated rings. The minimum Gasteiger partial charge on any atom is -0.363 e. The summed E-state index contributed by atoms with van der Waals surface area (Å²) in [5.74, 6) is 1.45. The molecule has 0 saturated carbocycles. The largest absolute Gasteiger partial charge is 0.363 e. The first-order valence-electron chi connectivity index (χ1n) is 7.88. The van der Waals surface area contributed by atoms with Crippen molar-refractivity contribution in [3.05, 3.63) is 78.8 Å². The van der Waals surface area contributed by atoms with E-state index in [0.29, 0.717) is 5.82 Å². The fraction of sp³-hybridized carbons (Fsp3) is 0.105. The van der Waals surface area contributed by atoms with E-state index >= 15 is 0 Å². The van der Waals surface area contributed by atoms with E-state index in [1.165, 1.54) is 5.56 Å². The number of fused-ring (bicyclic) bond motifs is 1. The summed E-state index contributed by atoms with van der Waals surface area (Å²) in [6, 6.07) is 18.2. The highest BCUT2D eigenvalue weighted by Gasteiger charge is 2.10. The van der Waals surface area contributed by atoms with Crippen LogP contribution < -0.4 is 5.32 Å². The molecule has 24 heavy (non-hydrogen) atoms. The molecule has 1 aromatic carbocycles. The molecule has 0 spiro atoms. The van der Waals surface area contributed by atoms with Gasteiger partial charge >= 0.3 is 0 Å². The number of benzene rings is 1. The maximum absolute atomic E-state index is 4.65. The van der Waals surface area contributed by atoms with Crippen LogP contribution in [0.5, 0.6) is 0 Å². The van der Waals surface area contributed by atoms with Crippen LogP contribution in [0, 0.1) is 0 Å². The van der Waals surface area contributed by atoms with Gasteiger partial charge in [-0.3, -0.25) is 4.40 Å². The monoisotopic (exact) mass is 315 g/mol. The number of aromatic nitrogens is 4. The first-order valence-corrected chi connectivity index (χ1v) is 7.88. The lowest BCUT2D eigenvalue weighted by Crippen LogP contribution is -2.08. The van der Waals surface area contributed by atoms with E-state index in [2.05, 4.69) is 39.3 Å². The summed E-state index contributed by atoms with van der Waals surface area (Å²) >= 11 is 0. The topological polar surface area (TPSA) is 55.1 Å². The van der Waals surface area contributed by atoms with Gasteiger partial charge in [-0.1, -0.05) is 36.4 Å². The van der Waals surface area contributed by atoms with E-state index in [9.17, 15) is 0 Å². The molecular weight excluding hydrogens is 298 g/mol. The average molecular weight is 315 g/mol. The second-order valence-electron chi connectivity index (χ2n) is 5.61. The molecule has 0 aliphatic heterocycles.